The number of pyridine rings is 1. The van der Waals surface area contributed by atoms with E-state index in [1.54, 1.807) is 12.1 Å². The van der Waals surface area contributed by atoms with Gasteiger partial charge in [-0.05, 0) is 23.3 Å². The van der Waals surface area contributed by atoms with Crippen molar-refractivity contribution in [2.24, 2.45) is 5.92 Å². The summed E-state index contributed by atoms with van der Waals surface area (Å²) in [7, 11) is 1.40. The lowest BCUT2D eigenvalue weighted by atomic mass is 9.71. The number of aldehydes is 1. The lowest BCUT2D eigenvalue weighted by Crippen LogP contribution is -2.52. The number of carbonyl (C=O) groups is 1. The highest BCUT2D eigenvalue weighted by Crippen LogP contribution is 2.69. The Morgan fingerprint density at radius 1 is 1.19 bits per heavy atom. The zero-order valence-electron chi connectivity index (χ0n) is 16.9. The first-order valence-corrected chi connectivity index (χ1v) is 11.2. The number of nitrogens with zero attached hydrogens (tertiary/aromatic N) is 1. The van der Waals surface area contributed by atoms with Crippen LogP contribution < -0.4 is 9.47 Å². The van der Waals surface area contributed by atoms with Gasteiger partial charge in [-0.2, -0.15) is 0 Å². The summed E-state index contributed by atoms with van der Waals surface area (Å²) in [5.74, 6) is -1.39. The maximum Gasteiger partial charge on any atom is 0.224 e. The molecule has 2 N–H and O–H groups in total. The van der Waals surface area contributed by atoms with Gasteiger partial charge in [-0.25, -0.2) is 4.98 Å². The summed E-state index contributed by atoms with van der Waals surface area (Å²) in [5.41, 5.74) is -2.07. The van der Waals surface area contributed by atoms with E-state index in [2.05, 4.69) is 20.9 Å². The number of halogens is 2. The summed E-state index contributed by atoms with van der Waals surface area (Å²) in [6.07, 6.45) is -0.815. The van der Waals surface area contributed by atoms with Crippen molar-refractivity contribution in [1.82, 2.24) is 4.98 Å². The molecule has 1 aromatic heterocycles. The second-order valence-electron chi connectivity index (χ2n) is 7.99. The average molecular weight is 517 g/mol. The molecule has 1 aliphatic heterocycles. The lowest BCUT2D eigenvalue weighted by molar-refractivity contribution is -0.153. The van der Waals surface area contributed by atoms with E-state index in [1.165, 1.54) is 13.2 Å². The van der Waals surface area contributed by atoms with Crippen molar-refractivity contribution in [1.29, 1.82) is 0 Å². The third-order valence-corrected chi connectivity index (χ3v) is 7.26. The van der Waals surface area contributed by atoms with Crippen molar-refractivity contribution < 1.29 is 24.5 Å². The van der Waals surface area contributed by atoms with E-state index >= 15 is 0 Å². The van der Waals surface area contributed by atoms with Gasteiger partial charge in [-0.15, -0.1) is 0 Å². The van der Waals surface area contributed by atoms with Gasteiger partial charge in [0.2, 0.25) is 5.88 Å². The Labute approximate surface area is 197 Å². The Morgan fingerprint density at radius 2 is 1.88 bits per heavy atom. The monoisotopic (exact) mass is 515 g/mol. The molecule has 2 aromatic carbocycles. The Hall–Kier alpha value is -2.45. The van der Waals surface area contributed by atoms with Gasteiger partial charge in [0, 0.05) is 16.5 Å². The number of methoxy groups -OCH3 is 1. The number of aliphatic hydroxyl groups excluding tert-OH is 1. The van der Waals surface area contributed by atoms with Crippen molar-refractivity contribution in [3.63, 3.8) is 0 Å². The van der Waals surface area contributed by atoms with Crippen molar-refractivity contribution >= 4 is 33.8 Å². The molecule has 2 heterocycles. The largest absolute Gasteiger partial charge is 0.481 e. The van der Waals surface area contributed by atoms with Crippen molar-refractivity contribution in [2.45, 2.75) is 23.2 Å². The number of carbonyl (C=O) groups excluding carboxylic acids is 1. The molecule has 1 saturated carbocycles. The summed E-state index contributed by atoms with van der Waals surface area (Å²) in [5, 5.41) is 24.0. The Bertz CT molecular complexity index is 1190. The molecule has 6 nitrogen and oxygen atoms in total. The van der Waals surface area contributed by atoms with Crippen LogP contribution in [0, 0.1) is 5.92 Å². The van der Waals surface area contributed by atoms with Crippen LogP contribution >= 0.6 is 27.5 Å². The second-order valence-corrected chi connectivity index (χ2v) is 9.29. The average Bonchev–Trinajstić information content (AvgIpc) is 3.17. The Balaban J connectivity index is 1.89. The molecule has 0 radical (unpaired) electrons. The van der Waals surface area contributed by atoms with Crippen LogP contribution in [-0.4, -0.2) is 34.7 Å². The van der Waals surface area contributed by atoms with Gasteiger partial charge >= 0.3 is 0 Å². The van der Waals surface area contributed by atoms with E-state index in [-0.39, 0.29) is 22.3 Å². The van der Waals surface area contributed by atoms with E-state index in [9.17, 15) is 15.0 Å². The molecule has 8 heteroatoms. The quantitative estimate of drug-likeness (QED) is 0.403. The molecule has 2 aliphatic rings. The van der Waals surface area contributed by atoms with Crippen LogP contribution in [0.15, 0.2) is 65.1 Å². The summed E-state index contributed by atoms with van der Waals surface area (Å²) in [6.45, 7) is 0. The Kier molecular flexibility index (Phi) is 5.05. The number of hydrogen-bond donors (Lipinski definition) is 2. The maximum atomic E-state index is 12.4. The van der Waals surface area contributed by atoms with Gasteiger partial charge in [0.25, 0.3) is 0 Å². The third kappa shape index (κ3) is 2.65. The van der Waals surface area contributed by atoms with E-state index in [1.807, 2.05) is 42.5 Å². The van der Waals surface area contributed by atoms with Crippen LogP contribution in [0.2, 0.25) is 5.15 Å². The summed E-state index contributed by atoms with van der Waals surface area (Å²) in [4.78, 5) is 16.5. The van der Waals surface area contributed by atoms with E-state index in [0.29, 0.717) is 11.8 Å². The molecule has 3 aromatic rings. The maximum absolute atomic E-state index is 12.4. The number of aliphatic hydroxyl groups is 2. The third-order valence-electron chi connectivity index (χ3n) is 6.53. The highest BCUT2D eigenvalue weighted by molar-refractivity contribution is 9.10. The molecule has 5 atom stereocenters. The van der Waals surface area contributed by atoms with Crippen LogP contribution in [0.5, 0.6) is 11.6 Å². The highest BCUT2D eigenvalue weighted by Gasteiger charge is 2.77. The van der Waals surface area contributed by atoms with Crippen LogP contribution in [-0.2, 0) is 16.0 Å². The zero-order chi connectivity index (χ0) is 22.7. The minimum atomic E-state index is -2.04. The van der Waals surface area contributed by atoms with Crippen LogP contribution in [0.25, 0.3) is 0 Å². The molecule has 0 bridgehead atoms. The summed E-state index contributed by atoms with van der Waals surface area (Å²) < 4.78 is 12.8. The molecule has 1 aliphatic carbocycles. The number of benzene rings is 2. The van der Waals surface area contributed by atoms with Gasteiger partial charge < -0.3 is 24.5 Å². The standard InChI is InChI=1S/C24H19BrClNO5/c1-31-22-20-17(11-18(26)27-22)32-24(14-7-9-15(25)10-8-14)19(13-5-3-2-4-6-13)16(12-28)21(29)23(20,24)30/h2-12,16,19,21,29-30H,1H3/t16-,19-,21-,23+,24+/m1/s1. The van der Waals surface area contributed by atoms with Crippen molar-refractivity contribution in [2.75, 3.05) is 7.11 Å². The minimum Gasteiger partial charge on any atom is -0.481 e. The minimum absolute atomic E-state index is 0.0337. The molecule has 32 heavy (non-hydrogen) atoms. The molecule has 0 unspecified atom stereocenters. The first-order valence-electron chi connectivity index (χ1n) is 9.99. The Morgan fingerprint density at radius 3 is 2.50 bits per heavy atom. The summed E-state index contributed by atoms with van der Waals surface area (Å²) >= 11 is 9.63. The van der Waals surface area contributed by atoms with Crippen molar-refractivity contribution in [3.8, 4) is 11.6 Å². The van der Waals surface area contributed by atoms with Gasteiger partial charge in [-0.3, -0.25) is 0 Å². The molecular weight excluding hydrogens is 498 g/mol. The number of fused-ring (bicyclic) bond motifs is 3. The fraction of sp³-hybridized carbons (Fsp3) is 0.250. The van der Waals surface area contributed by atoms with Crippen LogP contribution in [0.1, 0.15) is 22.6 Å². The van der Waals surface area contributed by atoms with E-state index in [4.69, 9.17) is 21.1 Å². The van der Waals surface area contributed by atoms with Crippen molar-refractivity contribution in [3.05, 3.63) is 87.0 Å². The first-order chi connectivity index (χ1) is 15.4. The predicted molar refractivity (Wildman–Crippen MR) is 121 cm³/mol. The molecule has 1 fully saturated rings. The number of rotatable bonds is 4. The summed E-state index contributed by atoms with van der Waals surface area (Å²) in [6, 6.07) is 18.0. The number of hydrogen-bond acceptors (Lipinski definition) is 6. The van der Waals surface area contributed by atoms with Gasteiger partial charge in [0.1, 0.15) is 23.3 Å². The number of ether oxygens (including phenoxy) is 2. The van der Waals surface area contributed by atoms with Gasteiger partial charge in [0.15, 0.2) is 11.2 Å². The zero-order valence-corrected chi connectivity index (χ0v) is 19.2. The van der Waals surface area contributed by atoms with Crippen LogP contribution in [0.3, 0.4) is 0 Å². The molecule has 5 rings (SSSR count). The molecule has 0 saturated heterocycles. The fourth-order valence-corrected chi connectivity index (χ4v) is 5.75. The molecule has 0 amide bonds. The molecule has 0 spiro atoms. The SMILES string of the molecule is COc1nc(Cl)cc2c1[C@]1(O)[C@H](O)[C@H](C=O)[C@@H](c3ccccc3)[C@]1(c1ccc(Br)cc1)O2. The first kappa shape index (κ1) is 21.4. The normalized spacial score (nSPS) is 30.3. The number of aromatic nitrogens is 1. The second kappa shape index (κ2) is 7.56. The van der Waals surface area contributed by atoms with E-state index in [0.717, 1.165) is 10.0 Å². The van der Waals surface area contributed by atoms with Gasteiger partial charge in [0.05, 0.1) is 18.6 Å². The molecule has 164 valence electrons. The van der Waals surface area contributed by atoms with Crippen LogP contribution in [0.4, 0.5) is 0 Å². The van der Waals surface area contributed by atoms with E-state index < -0.39 is 29.1 Å². The highest BCUT2D eigenvalue weighted by atomic mass is 79.9. The smallest absolute Gasteiger partial charge is 0.224 e. The fourth-order valence-electron chi connectivity index (χ4n) is 5.31. The lowest BCUT2D eigenvalue weighted by Gasteiger charge is -2.40. The predicted octanol–water partition coefficient (Wildman–Crippen LogP) is 3.96. The van der Waals surface area contributed by atoms with Gasteiger partial charge in [-0.1, -0.05) is 70.0 Å². The molecular formula is C24H19BrClNO5. The topological polar surface area (TPSA) is 88.9 Å².